The predicted octanol–water partition coefficient (Wildman–Crippen LogP) is 4.40. The summed E-state index contributed by atoms with van der Waals surface area (Å²) in [5.41, 5.74) is 0.799. The summed E-state index contributed by atoms with van der Waals surface area (Å²) in [6.45, 7) is 17.0. The number of amides is 1. The minimum absolute atomic E-state index is 0.209. The van der Waals surface area contributed by atoms with E-state index < -0.39 is 5.60 Å². The molecule has 0 spiro atoms. The van der Waals surface area contributed by atoms with E-state index in [4.69, 9.17) is 4.74 Å². The van der Waals surface area contributed by atoms with Crippen LogP contribution in [0.1, 0.15) is 48.0 Å². The molecule has 19 heavy (non-hydrogen) atoms. The lowest BCUT2D eigenvalue weighted by Gasteiger charge is -2.24. The fourth-order valence-electron chi connectivity index (χ4n) is 2.04. The van der Waals surface area contributed by atoms with E-state index in [1.165, 1.54) is 5.57 Å². The van der Waals surface area contributed by atoms with E-state index in [9.17, 15) is 4.79 Å². The van der Waals surface area contributed by atoms with Crippen LogP contribution in [0, 0.1) is 5.92 Å². The summed E-state index contributed by atoms with van der Waals surface area (Å²) in [7, 11) is 0. The van der Waals surface area contributed by atoms with Gasteiger partial charge in [0.25, 0.3) is 0 Å². The number of likely N-dealkylation sites (tertiary alicyclic amines) is 1. The maximum Gasteiger partial charge on any atom is 0.410 e. The number of nitrogens with zero attached hydrogens (tertiary/aromatic N) is 1. The van der Waals surface area contributed by atoms with Crippen molar-refractivity contribution in [2.45, 2.75) is 53.6 Å². The van der Waals surface area contributed by atoms with Gasteiger partial charge in [0.05, 0.1) is 0 Å². The maximum atomic E-state index is 11.9. The third-order valence-corrected chi connectivity index (χ3v) is 2.88. The third-order valence-electron chi connectivity index (χ3n) is 2.88. The van der Waals surface area contributed by atoms with Crippen molar-refractivity contribution in [1.29, 1.82) is 0 Å². The zero-order valence-corrected chi connectivity index (χ0v) is 13.3. The van der Waals surface area contributed by atoms with E-state index in [0.717, 1.165) is 19.5 Å². The van der Waals surface area contributed by atoms with Crippen LogP contribution in [0.3, 0.4) is 0 Å². The summed E-state index contributed by atoms with van der Waals surface area (Å²) in [6, 6.07) is 0. The number of ether oxygens (including phenoxy) is 1. The molecule has 1 aliphatic rings. The number of carbonyl (C=O) groups is 1. The number of allylic oxidation sites excluding steroid dienone is 2. The van der Waals surface area contributed by atoms with Crippen LogP contribution >= 0.6 is 0 Å². The van der Waals surface area contributed by atoms with Gasteiger partial charge in [-0.3, -0.25) is 0 Å². The van der Waals surface area contributed by atoms with Crippen LogP contribution in [0.25, 0.3) is 0 Å². The summed E-state index contributed by atoms with van der Waals surface area (Å²) >= 11 is 0. The molecule has 0 aromatic carbocycles. The lowest BCUT2D eigenvalue weighted by Crippen LogP contribution is -2.35. The Bertz CT molecular complexity index is 326. The highest BCUT2D eigenvalue weighted by atomic mass is 16.6. The van der Waals surface area contributed by atoms with Gasteiger partial charge in [-0.1, -0.05) is 32.6 Å². The minimum atomic E-state index is -0.420. The second kappa shape index (κ2) is 8.03. The van der Waals surface area contributed by atoms with Crippen molar-refractivity contribution in [1.82, 2.24) is 4.90 Å². The highest BCUT2D eigenvalue weighted by molar-refractivity contribution is 5.68. The SMILES string of the molecule is C=C/C(=C\C)C1CCN(C(=O)OC(C)(C)C)C1.CC. The molecule has 1 saturated heterocycles. The monoisotopic (exact) mass is 267 g/mol. The first-order valence-electron chi connectivity index (χ1n) is 7.14. The van der Waals surface area contributed by atoms with Crippen molar-refractivity contribution in [3.8, 4) is 0 Å². The van der Waals surface area contributed by atoms with Crippen LogP contribution in [0.5, 0.6) is 0 Å². The molecule has 0 aromatic rings. The Hall–Kier alpha value is -1.25. The molecule has 0 aromatic heterocycles. The van der Waals surface area contributed by atoms with E-state index in [-0.39, 0.29) is 6.09 Å². The van der Waals surface area contributed by atoms with E-state index in [0.29, 0.717) is 5.92 Å². The Kier molecular flexibility index (Phi) is 7.50. The van der Waals surface area contributed by atoms with Gasteiger partial charge in [-0.2, -0.15) is 0 Å². The fourth-order valence-corrected chi connectivity index (χ4v) is 2.04. The molecular formula is C16H29NO2. The zero-order chi connectivity index (χ0) is 15.1. The molecule has 1 unspecified atom stereocenters. The van der Waals surface area contributed by atoms with Crippen LogP contribution < -0.4 is 0 Å². The van der Waals surface area contributed by atoms with Crippen LogP contribution in [0.4, 0.5) is 4.79 Å². The highest BCUT2D eigenvalue weighted by Gasteiger charge is 2.30. The first kappa shape index (κ1) is 17.8. The normalized spacial score (nSPS) is 19.6. The summed E-state index contributed by atoms with van der Waals surface area (Å²) in [5, 5.41) is 0. The Morgan fingerprint density at radius 3 is 2.37 bits per heavy atom. The topological polar surface area (TPSA) is 29.5 Å². The quantitative estimate of drug-likeness (QED) is 0.694. The molecule has 3 nitrogen and oxygen atoms in total. The molecule has 1 rings (SSSR count). The smallest absolute Gasteiger partial charge is 0.410 e. The third kappa shape index (κ3) is 5.95. The van der Waals surface area contributed by atoms with Crippen LogP contribution in [0.2, 0.25) is 0 Å². The Balaban J connectivity index is 0.00000154. The van der Waals surface area contributed by atoms with Crippen LogP contribution in [0.15, 0.2) is 24.3 Å². The van der Waals surface area contributed by atoms with Crippen molar-refractivity contribution < 1.29 is 9.53 Å². The van der Waals surface area contributed by atoms with Crippen LogP contribution in [-0.4, -0.2) is 29.7 Å². The summed E-state index contributed by atoms with van der Waals surface area (Å²) < 4.78 is 5.36. The largest absolute Gasteiger partial charge is 0.444 e. The molecule has 1 aliphatic heterocycles. The molecule has 110 valence electrons. The molecule has 1 heterocycles. The van der Waals surface area contributed by atoms with Crippen molar-refractivity contribution >= 4 is 6.09 Å². The lowest BCUT2D eigenvalue weighted by atomic mass is 9.98. The van der Waals surface area contributed by atoms with Crippen molar-refractivity contribution in [2.75, 3.05) is 13.1 Å². The first-order chi connectivity index (χ1) is 8.87. The van der Waals surface area contributed by atoms with E-state index in [1.54, 1.807) is 4.90 Å². The van der Waals surface area contributed by atoms with Crippen molar-refractivity contribution in [3.63, 3.8) is 0 Å². The van der Waals surface area contributed by atoms with E-state index >= 15 is 0 Å². The molecule has 0 radical (unpaired) electrons. The molecule has 0 aliphatic carbocycles. The average Bonchev–Trinajstić information content (AvgIpc) is 2.81. The highest BCUT2D eigenvalue weighted by Crippen LogP contribution is 2.25. The number of hydrogen-bond donors (Lipinski definition) is 0. The Morgan fingerprint density at radius 2 is 1.95 bits per heavy atom. The molecule has 0 N–H and O–H groups in total. The molecular weight excluding hydrogens is 238 g/mol. The first-order valence-corrected chi connectivity index (χ1v) is 7.14. The Labute approximate surface area is 118 Å². The maximum absolute atomic E-state index is 11.9. The van der Waals surface area contributed by atoms with Gasteiger partial charge in [0.1, 0.15) is 5.60 Å². The fraction of sp³-hybridized carbons (Fsp3) is 0.688. The molecule has 3 heteroatoms. The average molecular weight is 267 g/mol. The molecule has 1 atom stereocenters. The second-order valence-electron chi connectivity index (χ2n) is 5.40. The number of rotatable bonds is 2. The van der Waals surface area contributed by atoms with Gasteiger partial charge in [0.2, 0.25) is 0 Å². The molecule has 0 saturated carbocycles. The standard InChI is InChI=1S/C14H23NO2.C2H6/c1-6-11(7-2)12-8-9-15(10-12)13(16)17-14(3,4)5;1-2/h6-7,12H,1,8-10H2,2-5H3;1-2H3/b11-7+;. The van der Waals surface area contributed by atoms with Crippen molar-refractivity contribution in [2.24, 2.45) is 5.92 Å². The predicted molar refractivity (Wildman–Crippen MR) is 81.2 cm³/mol. The molecule has 0 bridgehead atoms. The summed E-state index contributed by atoms with van der Waals surface area (Å²) in [6.07, 6.45) is 4.73. The Morgan fingerprint density at radius 1 is 1.37 bits per heavy atom. The zero-order valence-electron chi connectivity index (χ0n) is 13.3. The van der Waals surface area contributed by atoms with Gasteiger partial charge in [0.15, 0.2) is 0 Å². The van der Waals surface area contributed by atoms with Crippen LogP contribution in [-0.2, 0) is 4.74 Å². The number of carbonyl (C=O) groups excluding carboxylic acids is 1. The van der Waals surface area contributed by atoms with E-state index in [2.05, 4.69) is 12.7 Å². The minimum Gasteiger partial charge on any atom is -0.444 e. The van der Waals surface area contributed by atoms with Gasteiger partial charge >= 0.3 is 6.09 Å². The molecule has 1 fully saturated rings. The van der Waals surface area contributed by atoms with Gasteiger partial charge < -0.3 is 9.64 Å². The van der Waals surface area contributed by atoms with E-state index in [1.807, 2.05) is 47.6 Å². The summed E-state index contributed by atoms with van der Waals surface area (Å²) in [5.74, 6) is 0.407. The van der Waals surface area contributed by atoms with Gasteiger partial charge in [0, 0.05) is 19.0 Å². The lowest BCUT2D eigenvalue weighted by molar-refractivity contribution is 0.0290. The van der Waals surface area contributed by atoms with Gasteiger partial charge in [-0.15, -0.1) is 0 Å². The van der Waals surface area contributed by atoms with Gasteiger partial charge in [-0.25, -0.2) is 4.79 Å². The summed E-state index contributed by atoms with van der Waals surface area (Å²) in [4.78, 5) is 13.6. The van der Waals surface area contributed by atoms with Crippen molar-refractivity contribution in [3.05, 3.63) is 24.3 Å². The second-order valence-corrected chi connectivity index (χ2v) is 5.40. The number of hydrogen-bond acceptors (Lipinski definition) is 2. The molecule has 1 amide bonds. The van der Waals surface area contributed by atoms with Gasteiger partial charge in [-0.05, 0) is 39.7 Å².